The summed E-state index contributed by atoms with van der Waals surface area (Å²) in [6.07, 6.45) is 3.06. The molecule has 0 spiro atoms. The van der Waals surface area contributed by atoms with Crippen molar-refractivity contribution < 1.29 is 9.13 Å². The standard InChI is InChI=1S/C23H21FN4O3/c24-17-7-4-6-16(12-17)13-26-15-25-21-20(26)22(29)27(14-19-10-5-11-31-19)23(30)28(21)18-8-2-1-3-9-18/h1-4,6-9,12,15,19H,5,10-11,13-14H2/t19-/m1/s1. The molecule has 1 aliphatic rings. The molecule has 1 saturated heterocycles. The van der Waals surface area contributed by atoms with Crippen LogP contribution < -0.4 is 11.2 Å². The quantitative estimate of drug-likeness (QED) is 0.498. The van der Waals surface area contributed by atoms with Gasteiger partial charge in [-0.25, -0.2) is 18.7 Å². The monoisotopic (exact) mass is 420 g/mol. The van der Waals surface area contributed by atoms with E-state index in [0.717, 1.165) is 12.8 Å². The molecule has 8 heteroatoms. The van der Waals surface area contributed by atoms with Crippen LogP contribution >= 0.6 is 0 Å². The van der Waals surface area contributed by atoms with Gasteiger partial charge in [0.2, 0.25) is 0 Å². The molecule has 0 aliphatic carbocycles. The van der Waals surface area contributed by atoms with Crippen molar-refractivity contribution in [2.45, 2.75) is 32.0 Å². The number of rotatable bonds is 5. The number of hydrogen-bond donors (Lipinski definition) is 0. The van der Waals surface area contributed by atoms with Crippen molar-refractivity contribution in [3.05, 3.63) is 93.1 Å². The molecule has 0 amide bonds. The smallest absolute Gasteiger partial charge is 0.337 e. The third-order valence-electron chi connectivity index (χ3n) is 5.57. The molecule has 7 nitrogen and oxygen atoms in total. The van der Waals surface area contributed by atoms with Gasteiger partial charge in [0.15, 0.2) is 11.2 Å². The first-order valence-corrected chi connectivity index (χ1v) is 10.2. The fourth-order valence-corrected chi connectivity index (χ4v) is 4.09. The summed E-state index contributed by atoms with van der Waals surface area (Å²) in [5, 5.41) is 0. The highest BCUT2D eigenvalue weighted by atomic mass is 19.1. The Morgan fingerprint density at radius 1 is 1.10 bits per heavy atom. The maximum atomic E-state index is 13.7. The third-order valence-corrected chi connectivity index (χ3v) is 5.57. The average molecular weight is 420 g/mol. The molecule has 0 unspecified atom stereocenters. The predicted octanol–water partition coefficient (Wildman–Crippen LogP) is 2.72. The molecule has 0 N–H and O–H groups in total. The second-order valence-electron chi connectivity index (χ2n) is 7.68. The molecule has 1 atom stereocenters. The van der Waals surface area contributed by atoms with Crippen LogP contribution in [0.5, 0.6) is 0 Å². The highest BCUT2D eigenvalue weighted by molar-refractivity contribution is 5.72. The molecule has 3 heterocycles. The summed E-state index contributed by atoms with van der Waals surface area (Å²) in [7, 11) is 0. The maximum Gasteiger partial charge on any atom is 0.337 e. The lowest BCUT2D eigenvalue weighted by Gasteiger charge is -2.15. The van der Waals surface area contributed by atoms with Crippen molar-refractivity contribution in [2.75, 3.05) is 6.61 Å². The van der Waals surface area contributed by atoms with Gasteiger partial charge >= 0.3 is 5.69 Å². The minimum Gasteiger partial charge on any atom is -0.376 e. The minimum absolute atomic E-state index is 0.174. The fraction of sp³-hybridized carbons (Fsp3) is 0.261. The number of aromatic nitrogens is 4. The van der Waals surface area contributed by atoms with Crippen LogP contribution in [0.4, 0.5) is 4.39 Å². The van der Waals surface area contributed by atoms with Crippen LogP contribution in [0.15, 0.2) is 70.5 Å². The Morgan fingerprint density at radius 2 is 1.94 bits per heavy atom. The lowest BCUT2D eigenvalue weighted by Crippen LogP contribution is -2.42. The Balaban J connectivity index is 1.72. The topological polar surface area (TPSA) is 71.0 Å². The van der Waals surface area contributed by atoms with Gasteiger partial charge in [-0.1, -0.05) is 30.3 Å². The van der Waals surface area contributed by atoms with E-state index in [2.05, 4.69) is 4.98 Å². The van der Waals surface area contributed by atoms with Crippen LogP contribution in [0.3, 0.4) is 0 Å². The van der Waals surface area contributed by atoms with Gasteiger partial charge in [0.1, 0.15) is 5.82 Å². The van der Waals surface area contributed by atoms with E-state index in [1.54, 1.807) is 28.8 Å². The van der Waals surface area contributed by atoms with Crippen molar-refractivity contribution in [2.24, 2.45) is 0 Å². The lowest BCUT2D eigenvalue weighted by atomic mass is 10.2. The lowest BCUT2D eigenvalue weighted by molar-refractivity contribution is 0.0950. The molecular weight excluding hydrogens is 399 g/mol. The summed E-state index contributed by atoms with van der Waals surface area (Å²) in [4.78, 5) is 31.2. The maximum absolute atomic E-state index is 13.7. The van der Waals surface area contributed by atoms with Crippen LogP contribution in [-0.2, 0) is 17.8 Å². The molecule has 31 heavy (non-hydrogen) atoms. The van der Waals surface area contributed by atoms with Gasteiger partial charge in [0.05, 0.1) is 24.7 Å². The van der Waals surface area contributed by atoms with E-state index in [1.807, 2.05) is 18.2 Å². The SMILES string of the molecule is O=c1c2c(ncn2Cc2cccc(F)c2)n(-c2ccccc2)c(=O)n1C[C@H]1CCCO1. The minimum atomic E-state index is -0.449. The van der Waals surface area contributed by atoms with Gasteiger partial charge in [-0.15, -0.1) is 0 Å². The summed E-state index contributed by atoms with van der Waals surface area (Å²) < 4.78 is 23.7. The van der Waals surface area contributed by atoms with Crippen molar-refractivity contribution in [3.8, 4) is 5.69 Å². The molecule has 158 valence electrons. The zero-order chi connectivity index (χ0) is 21.4. The number of imidazole rings is 1. The predicted molar refractivity (Wildman–Crippen MR) is 114 cm³/mol. The first-order chi connectivity index (χ1) is 15.1. The van der Waals surface area contributed by atoms with Gasteiger partial charge in [0.25, 0.3) is 5.56 Å². The molecule has 2 aromatic heterocycles. The first-order valence-electron chi connectivity index (χ1n) is 10.2. The Kier molecular flexibility index (Phi) is 4.99. The Hall–Kier alpha value is -3.52. The van der Waals surface area contributed by atoms with E-state index in [0.29, 0.717) is 23.4 Å². The number of fused-ring (bicyclic) bond motifs is 1. The summed E-state index contributed by atoms with van der Waals surface area (Å²) in [5.41, 5.74) is 1.02. The Labute approximate surface area is 177 Å². The van der Waals surface area contributed by atoms with E-state index < -0.39 is 11.2 Å². The number of para-hydroxylation sites is 1. The van der Waals surface area contributed by atoms with Crippen LogP contribution in [0.25, 0.3) is 16.9 Å². The molecule has 0 bridgehead atoms. The Bertz CT molecular complexity index is 1350. The summed E-state index contributed by atoms with van der Waals surface area (Å²) >= 11 is 0. The second-order valence-corrected chi connectivity index (χ2v) is 7.68. The van der Waals surface area contributed by atoms with Crippen molar-refractivity contribution in [3.63, 3.8) is 0 Å². The summed E-state index contributed by atoms with van der Waals surface area (Å²) in [5.74, 6) is -0.348. The molecule has 5 rings (SSSR count). The van der Waals surface area contributed by atoms with Crippen LogP contribution in [0.1, 0.15) is 18.4 Å². The van der Waals surface area contributed by atoms with Crippen molar-refractivity contribution in [1.29, 1.82) is 0 Å². The van der Waals surface area contributed by atoms with Gasteiger partial charge in [-0.3, -0.25) is 9.36 Å². The third kappa shape index (κ3) is 3.59. The molecular formula is C23H21FN4O3. The molecule has 0 radical (unpaired) electrons. The average Bonchev–Trinajstić information content (AvgIpc) is 3.42. The van der Waals surface area contributed by atoms with Crippen LogP contribution in [0, 0.1) is 5.82 Å². The van der Waals surface area contributed by atoms with Crippen LogP contribution in [-0.4, -0.2) is 31.4 Å². The molecule has 1 fully saturated rings. The molecule has 0 saturated carbocycles. The molecule has 2 aromatic carbocycles. The van der Waals surface area contributed by atoms with Gasteiger partial charge < -0.3 is 9.30 Å². The highest BCUT2D eigenvalue weighted by Crippen LogP contribution is 2.17. The largest absolute Gasteiger partial charge is 0.376 e. The first kappa shape index (κ1) is 19.4. The number of ether oxygens (including phenoxy) is 1. The Morgan fingerprint density at radius 3 is 2.68 bits per heavy atom. The second kappa shape index (κ2) is 7.96. The van der Waals surface area contributed by atoms with Gasteiger partial charge in [-0.05, 0) is 42.7 Å². The number of halogens is 1. The number of nitrogens with zero attached hydrogens (tertiary/aromatic N) is 4. The van der Waals surface area contributed by atoms with E-state index in [9.17, 15) is 14.0 Å². The van der Waals surface area contributed by atoms with Gasteiger partial charge in [-0.2, -0.15) is 0 Å². The zero-order valence-corrected chi connectivity index (χ0v) is 16.8. The number of benzene rings is 2. The van der Waals surface area contributed by atoms with E-state index in [1.165, 1.54) is 27.6 Å². The molecule has 4 aromatic rings. The van der Waals surface area contributed by atoms with E-state index >= 15 is 0 Å². The summed E-state index contributed by atoms with van der Waals surface area (Å²) in [6.45, 7) is 1.08. The van der Waals surface area contributed by atoms with Crippen LogP contribution in [0.2, 0.25) is 0 Å². The fourth-order valence-electron chi connectivity index (χ4n) is 4.09. The normalized spacial score (nSPS) is 16.2. The van der Waals surface area contributed by atoms with Crippen molar-refractivity contribution in [1.82, 2.24) is 18.7 Å². The zero-order valence-electron chi connectivity index (χ0n) is 16.8. The summed E-state index contributed by atoms with van der Waals surface area (Å²) in [6, 6.07) is 15.3. The van der Waals surface area contributed by atoms with E-state index in [4.69, 9.17) is 4.74 Å². The van der Waals surface area contributed by atoms with E-state index in [-0.39, 0.29) is 30.7 Å². The number of hydrogen-bond acceptors (Lipinski definition) is 4. The highest BCUT2D eigenvalue weighted by Gasteiger charge is 2.23. The van der Waals surface area contributed by atoms with Crippen molar-refractivity contribution >= 4 is 11.2 Å². The molecule has 1 aliphatic heterocycles. The van der Waals surface area contributed by atoms with Gasteiger partial charge in [0, 0.05) is 13.2 Å².